The molecule has 0 bridgehead atoms. The van der Waals surface area contributed by atoms with Gasteiger partial charge in [-0.1, -0.05) is 0 Å². The Bertz CT molecular complexity index is 743. The van der Waals surface area contributed by atoms with Gasteiger partial charge in [-0.3, -0.25) is 9.59 Å². The van der Waals surface area contributed by atoms with Crippen LogP contribution in [0.2, 0.25) is 0 Å². The standard InChI is InChI=1S/C21H27N3O3/c1-3-23(4-2)18-9-7-17(8-10-18)22-20(25)16-11-13-24(14-12-16)21(26)19-6-5-15-27-19/h5-10,15-16H,3-4,11-14H2,1-2H3,(H,22,25). The number of carbonyl (C=O) groups is 2. The molecule has 2 amide bonds. The number of rotatable bonds is 6. The molecule has 1 aromatic carbocycles. The van der Waals surface area contributed by atoms with E-state index >= 15 is 0 Å². The molecule has 2 aromatic rings. The fourth-order valence-corrected chi connectivity index (χ4v) is 3.49. The fourth-order valence-electron chi connectivity index (χ4n) is 3.49. The average molecular weight is 369 g/mol. The minimum absolute atomic E-state index is 0.0238. The summed E-state index contributed by atoms with van der Waals surface area (Å²) in [6, 6.07) is 11.3. The number of carbonyl (C=O) groups excluding carboxylic acids is 2. The first-order valence-corrected chi connectivity index (χ1v) is 9.61. The maximum Gasteiger partial charge on any atom is 0.289 e. The molecule has 1 fully saturated rings. The van der Waals surface area contributed by atoms with E-state index in [2.05, 4.69) is 24.1 Å². The van der Waals surface area contributed by atoms with E-state index in [0.29, 0.717) is 31.7 Å². The van der Waals surface area contributed by atoms with Crippen molar-refractivity contribution >= 4 is 23.2 Å². The third-order valence-corrected chi connectivity index (χ3v) is 5.15. The van der Waals surface area contributed by atoms with Crippen molar-refractivity contribution in [3.8, 4) is 0 Å². The number of furan rings is 1. The lowest BCUT2D eigenvalue weighted by atomic mass is 9.95. The van der Waals surface area contributed by atoms with Crippen molar-refractivity contribution in [2.75, 3.05) is 36.4 Å². The second kappa shape index (κ2) is 8.75. The van der Waals surface area contributed by atoms with Crippen molar-refractivity contribution in [2.45, 2.75) is 26.7 Å². The van der Waals surface area contributed by atoms with E-state index in [9.17, 15) is 9.59 Å². The molecular formula is C21H27N3O3. The third kappa shape index (κ3) is 4.51. The van der Waals surface area contributed by atoms with E-state index in [0.717, 1.165) is 24.5 Å². The Kier molecular flexibility index (Phi) is 6.16. The van der Waals surface area contributed by atoms with E-state index in [-0.39, 0.29) is 17.7 Å². The summed E-state index contributed by atoms with van der Waals surface area (Å²) in [7, 11) is 0. The fraction of sp³-hybridized carbons (Fsp3) is 0.429. The monoisotopic (exact) mass is 369 g/mol. The highest BCUT2D eigenvalue weighted by atomic mass is 16.3. The molecule has 1 aliphatic heterocycles. The van der Waals surface area contributed by atoms with Crippen LogP contribution in [0.25, 0.3) is 0 Å². The normalized spacial score (nSPS) is 14.8. The molecule has 0 atom stereocenters. The highest BCUT2D eigenvalue weighted by molar-refractivity contribution is 5.94. The number of nitrogens with zero attached hydrogens (tertiary/aromatic N) is 2. The molecule has 0 unspecified atom stereocenters. The van der Waals surface area contributed by atoms with Crippen molar-refractivity contribution in [1.29, 1.82) is 0 Å². The summed E-state index contributed by atoms with van der Waals surface area (Å²) in [6.07, 6.45) is 2.82. The molecule has 1 N–H and O–H groups in total. The number of nitrogens with one attached hydrogen (secondary N) is 1. The molecule has 144 valence electrons. The Morgan fingerprint density at radius 1 is 1.11 bits per heavy atom. The van der Waals surface area contributed by atoms with Gasteiger partial charge in [-0.05, 0) is 63.1 Å². The van der Waals surface area contributed by atoms with Gasteiger partial charge in [0.1, 0.15) is 0 Å². The van der Waals surface area contributed by atoms with Gasteiger partial charge in [-0.2, -0.15) is 0 Å². The van der Waals surface area contributed by atoms with Crippen LogP contribution in [-0.4, -0.2) is 42.9 Å². The van der Waals surface area contributed by atoms with Crippen molar-refractivity contribution in [3.63, 3.8) is 0 Å². The van der Waals surface area contributed by atoms with Crippen molar-refractivity contribution in [3.05, 3.63) is 48.4 Å². The Morgan fingerprint density at radius 2 is 1.78 bits per heavy atom. The number of likely N-dealkylation sites (tertiary alicyclic amines) is 1. The molecule has 0 saturated carbocycles. The first-order valence-electron chi connectivity index (χ1n) is 9.61. The van der Waals surface area contributed by atoms with E-state index < -0.39 is 0 Å². The van der Waals surface area contributed by atoms with E-state index in [4.69, 9.17) is 4.42 Å². The number of benzene rings is 1. The maximum absolute atomic E-state index is 12.6. The molecule has 1 aliphatic rings. The van der Waals surface area contributed by atoms with E-state index in [1.807, 2.05) is 24.3 Å². The van der Waals surface area contributed by atoms with Gasteiger partial charge in [0.15, 0.2) is 5.76 Å². The van der Waals surface area contributed by atoms with Gasteiger partial charge in [0.25, 0.3) is 5.91 Å². The summed E-state index contributed by atoms with van der Waals surface area (Å²) in [5.74, 6) is 0.195. The highest BCUT2D eigenvalue weighted by Gasteiger charge is 2.28. The Morgan fingerprint density at radius 3 is 2.33 bits per heavy atom. The van der Waals surface area contributed by atoms with Gasteiger partial charge in [0, 0.05) is 43.5 Å². The zero-order chi connectivity index (χ0) is 19.2. The van der Waals surface area contributed by atoms with Crippen LogP contribution in [0.5, 0.6) is 0 Å². The van der Waals surface area contributed by atoms with Crippen molar-refractivity contribution < 1.29 is 14.0 Å². The number of anilines is 2. The zero-order valence-electron chi connectivity index (χ0n) is 16.0. The summed E-state index contributed by atoms with van der Waals surface area (Å²) in [5.41, 5.74) is 1.97. The number of hydrogen-bond donors (Lipinski definition) is 1. The summed E-state index contributed by atoms with van der Waals surface area (Å²) in [4.78, 5) is 28.9. The van der Waals surface area contributed by atoms with Crippen molar-refractivity contribution in [2.24, 2.45) is 5.92 Å². The quantitative estimate of drug-likeness (QED) is 0.845. The largest absolute Gasteiger partial charge is 0.459 e. The van der Waals surface area contributed by atoms with Crippen LogP contribution in [0.4, 0.5) is 11.4 Å². The van der Waals surface area contributed by atoms with Crippen LogP contribution in [-0.2, 0) is 4.79 Å². The Labute approximate surface area is 160 Å². The number of hydrogen-bond acceptors (Lipinski definition) is 4. The van der Waals surface area contributed by atoms with Gasteiger partial charge >= 0.3 is 0 Å². The molecule has 3 rings (SSSR count). The molecule has 2 heterocycles. The lowest BCUT2D eigenvalue weighted by molar-refractivity contribution is -0.121. The Hall–Kier alpha value is -2.76. The number of piperidine rings is 1. The molecule has 1 aromatic heterocycles. The summed E-state index contributed by atoms with van der Waals surface area (Å²) < 4.78 is 5.17. The predicted octanol–water partition coefficient (Wildman–Crippen LogP) is 3.62. The van der Waals surface area contributed by atoms with Crippen LogP contribution in [0.15, 0.2) is 47.1 Å². The predicted molar refractivity (Wildman–Crippen MR) is 106 cm³/mol. The second-order valence-electron chi connectivity index (χ2n) is 6.75. The average Bonchev–Trinajstić information content (AvgIpc) is 3.24. The van der Waals surface area contributed by atoms with Crippen LogP contribution in [0.3, 0.4) is 0 Å². The molecule has 0 aliphatic carbocycles. The van der Waals surface area contributed by atoms with Crippen LogP contribution < -0.4 is 10.2 Å². The van der Waals surface area contributed by atoms with Gasteiger partial charge in [-0.15, -0.1) is 0 Å². The summed E-state index contributed by atoms with van der Waals surface area (Å²) >= 11 is 0. The topological polar surface area (TPSA) is 65.8 Å². The second-order valence-corrected chi connectivity index (χ2v) is 6.75. The third-order valence-electron chi connectivity index (χ3n) is 5.15. The molecule has 6 nitrogen and oxygen atoms in total. The smallest absolute Gasteiger partial charge is 0.289 e. The summed E-state index contributed by atoms with van der Waals surface area (Å²) in [6.45, 7) is 7.30. The molecule has 6 heteroatoms. The lowest BCUT2D eigenvalue weighted by Crippen LogP contribution is -2.41. The van der Waals surface area contributed by atoms with Crippen LogP contribution >= 0.6 is 0 Å². The minimum Gasteiger partial charge on any atom is -0.459 e. The Balaban J connectivity index is 1.51. The summed E-state index contributed by atoms with van der Waals surface area (Å²) in [5, 5.41) is 3.01. The molecule has 1 saturated heterocycles. The van der Waals surface area contributed by atoms with Crippen LogP contribution in [0.1, 0.15) is 37.2 Å². The van der Waals surface area contributed by atoms with Crippen LogP contribution in [0, 0.1) is 5.92 Å². The molecular weight excluding hydrogens is 342 g/mol. The maximum atomic E-state index is 12.6. The van der Waals surface area contributed by atoms with Gasteiger partial charge in [-0.25, -0.2) is 0 Å². The highest BCUT2D eigenvalue weighted by Crippen LogP contribution is 2.22. The number of amides is 2. The molecule has 27 heavy (non-hydrogen) atoms. The SMILES string of the molecule is CCN(CC)c1ccc(NC(=O)C2CCN(C(=O)c3ccco3)CC2)cc1. The van der Waals surface area contributed by atoms with Crippen molar-refractivity contribution in [1.82, 2.24) is 4.90 Å². The molecule has 0 spiro atoms. The van der Waals surface area contributed by atoms with E-state index in [1.165, 1.54) is 6.26 Å². The van der Waals surface area contributed by atoms with E-state index in [1.54, 1.807) is 17.0 Å². The van der Waals surface area contributed by atoms with Gasteiger partial charge in [0.05, 0.1) is 6.26 Å². The van der Waals surface area contributed by atoms with Gasteiger partial charge < -0.3 is 19.5 Å². The first kappa shape index (κ1) is 19.0. The minimum atomic E-state index is -0.106. The molecule has 0 radical (unpaired) electrons. The van der Waals surface area contributed by atoms with Gasteiger partial charge in [0.2, 0.25) is 5.91 Å². The lowest BCUT2D eigenvalue weighted by Gasteiger charge is -2.30. The first-order chi connectivity index (χ1) is 13.1. The zero-order valence-corrected chi connectivity index (χ0v) is 16.0.